The van der Waals surface area contributed by atoms with Crippen LogP contribution in [0, 0.1) is 5.82 Å². The largest absolute Gasteiger partial charge is 0.325 e. The summed E-state index contributed by atoms with van der Waals surface area (Å²) in [6.45, 7) is 3.76. The van der Waals surface area contributed by atoms with Gasteiger partial charge in [-0.15, -0.1) is 0 Å². The normalized spacial score (nSPS) is 15.3. The molecule has 1 heterocycles. The maximum atomic E-state index is 12.9. The van der Waals surface area contributed by atoms with Crippen molar-refractivity contribution in [1.82, 2.24) is 0 Å². The summed E-state index contributed by atoms with van der Waals surface area (Å²) in [5, 5.41) is 4.37. The lowest BCUT2D eigenvalue weighted by Gasteiger charge is -2.08. The number of hydrogen-bond acceptors (Lipinski definition) is 4. The molecule has 27 heavy (non-hydrogen) atoms. The van der Waals surface area contributed by atoms with Crippen LogP contribution in [0.3, 0.4) is 0 Å². The number of nitrogens with one attached hydrogen (secondary N) is 1. The Bertz CT molecular complexity index is 942. The topological polar surface area (TPSA) is 53.8 Å². The number of carbonyl (C=O) groups is 1. The molecule has 4 nitrogen and oxygen atoms in total. The molecule has 1 aliphatic heterocycles. The molecule has 0 spiro atoms. The number of anilines is 1. The predicted octanol–water partition coefficient (Wildman–Crippen LogP) is 5.44. The fraction of sp³-hybridized carbons (Fsp3) is 0.211. The van der Waals surface area contributed by atoms with Crippen molar-refractivity contribution in [2.45, 2.75) is 19.5 Å². The van der Waals surface area contributed by atoms with E-state index in [1.165, 1.54) is 36.0 Å². The van der Waals surface area contributed by atoms with Gasteiger partial charge in [0.25, 0.3) is 0 Å². The fourth-order valence-electron chi connectivity index (χ4n) is 2.47. The number of carbonyl (C=O) groups excluding carboxylic acids is 1. The highest BCUT2D eigenvalue weighted by Crippen LogP contribution is 2.30. The third-order valence-electron chi connectivity index (χ3n) is 3.62. The van der Waals surface area contributed by atoms with Gasteiger partial charge in [-0.05, 0) is 56.3 Å². The van der Waals surface area contributed by atoms with Crippen LogP contribution in [0.1, 0.15) is 19.4 Å². The highest BCUT2D eigenvalue weighted by atomic mass is 35.5. The summed E-state index contributed by atoms with van der Waals surface area (Å²) in [4.78, 5) is 21.4. The number of hydrogen-bond donors (Lipinski definition) is 1. The summed E-state index contributed by atoms with van der Waals surface area (Å²) in [6.07, 6.45) is 0. The number of nitrogens with zero attached hydrogens (tertiary/aromatic N) is 2. The average molecular weight is 424 g/mol. The highest BCUT2D eigenvalue weighted by molar-refractivity contribution is 8.16. The SMILES string of the molecule is CC1(C)N=C(SCC(=O)Nc2ccc(F)cc2)C(c2ccc(Cl)cc2Cl)=N1. The molecule has 0 aliphatic carbocycles. The van der Waals surface area contributed by atoms with E-state index in [0.717, 1.165) is 5.56 Å². The summed E-state index contributed by atoms with van der Waals surface area (Å²) in [5.41, 5.74) is 1.26. The first kappa shape index (κ1) is 19.9. The van der Waals surface area contributed by atoms with E-state index in [1.807, 2.05) is 13.8 Å². The van der Waals surface area contributed by atoms with Gasteiger partial charge in [-0.2, -0.15) is 0 Å². The molecule has 1 N–H and O–H groups in total. The molecule has 140 valence electrons. The Morgan fingerprint density at radius 3 is 2.52 bits per heavy atom. The zero-order chi connectivity index (χ0) is 19.6. The van der Waals surface area contributed by atoms with E-state index in [-0.39, 0.29) is 17.5 Å². The number of amides is 1. The van der Waals surface area contributed by atoms with Crippen molar-refractivity contribution in [2.75, 3.05) is 11.1 Å². The van der Waals surface area contributed by atoms with Crippen LogP contribution in [0.4, 0.5) is 10.1 Å². The van der Waals surface area contributed by atoms with E-state index >= 15 is 0 Å². The van der Waals surface area contributed by atoms with Crippen LogP contribution in [0.15, 0.2) is 52.4 Å². The molecule has 3 rings (SSSR count). The first-order valence-corrected chi connectivity index (χ1v) is 9.81. The standard InChI is InChI=1S/C19H16Cl2FN3OS/c1-19(2)24-17(14-8-3-11(20)9-15(14)21)18(25-19)27-10-16(26)23-13-6-4-12(22)5-7-13/h3-9H,10H2,1-2H3,(H,23,26). The van der Waals surface area contributed by atoms with E-state index in [4.69, 9.17) is 23.2 Å². The van der Waals surface area contributed by atoms with Crippen LogP contribution < -0.4 is 5.32 Å². The molecule has 1 amide bonds. The number of thioether (sulfide) groups is 1. The molecule has 2 aromatic carbocycles. The Kier molecular flexibility index (Phi) is 5.89. The van der Waals surface area contributed by atoms with Gasteiger partial charge in [0.2, 0.25) is 5.91 Å². The van der Waals surface area contributed by atoms with Crippen molar-refractivity contribution >= 4 is 57.3 Å². The van der Waals surface area contributed by atoms with Crippen molar-refractivity contribution in [3.8, 4) is 0 Å². The molecule has 0 aromatic heterocycles. The Balaban J connectivity index is 1.72. The molecule has 0 atom stereocenters. The first-order chi connectivity index (χ1) is 12.7. The minimum Gasteiger partial charge on any atom is -0.325 e. The van der Waals surface area contributed by atoms with Gasteiger partial charge in [0.1, 0.15) is 22.2 Å². The molecule has 0 saturated carbocycles. The van der Waals surface area contributed by atoms with Crippen LogP contribution in [0.2, 0.25) is 10.0 Å². The average Bonchev–Trinajstić information content (AvgIpc) is 2.90. The lowest BCUT2D eigenvalue weighted by molar-refractivity contribution is -0.113. The van der Waals surface area contributed by atoms with E-state index in [0.29, 0.717) is 26.5 Å². The Morgan fingerprint density at radius 2 is 1.85 bits per heavy atom. The van der Waals surface area contributed by atoms with Crippen LogP contribution in [0.25, 0.3) is 0 Å². The number of rotatable bonds is 4. The number of benzene rings is 2. The van der Waals surface area contributed by atoms with E-state index in [1.54, 1.807) is 18.2 Å². The van der Waals surface area contributed by atoms with E-state index < -0.39 is 5.66 Å². The highest BCUT2D eigenvalue weighted by Gasteiger charge is 2.29. The molecule has 0 unspecified atom stereocenters. The zero-order valence-electron chi connectivity index (χ0n) is 14.6. The Morgan fingerprint density at radius 1 is 1.15 bits per heavy atom. The summed E-state index contributed by atoms with van der Waals surface area (Å²) in [7, 11) is 0. The smallest absolute Gasteiger partial charge is 0.234 e. The molecule has 1 aliphatic rings. The van der Waals surface area contributed by atoms with Gasteiger partial charge in [0.05, 0.1) is 10.8 Å². The fourth-order valence-corrected chi connectivity index (χ4v) is 3.89. The van der Waals surface area contributed by atoms with Gasteiger partial charge in [-0.3, -0.25) is 9.79 Å². The minimum atomic E-state index is -0.631. The van der Waals surface area contributed by atoms with Crippen molar-refractivity contribution in [3.05, 3.63) is 63.9 Å². The van der Waals surface area contributed by atoms with Gasteiger partial charge in [0.15, 0.2) is 0 Å². The van der Waals surface area contributed by atoms with Crippen LogP contribution in [-0.4, -0.2) is 28.1 Å². The maximum absolute atomic E-state index is 12.9. The number of aliphatic imine (C=N–C) groups is 2. The van der Waals surface area contributed by atoms with Crippen LogP contribution in [0.5, 0.6) is 0 Å². The molecule has 0 fully saturated rings. The van der Waals surface area contributed by atoms with Crippen molar-refractivity contribution in [1.29, 1.82) is 0 Å². The minimum absolute atomic E-state index is 0.135. The Labute approximate surface area is 170 Å². The summed E-state index contributed by atoms with van der Waals surface area (Å²) in [6, 6.07) is 10.8. The summed E-state index contributed by atoms with van der Waals surface area (Å²) < 4.78 is 12.9. The molecular weight excluding hydrogens is 408 g/mol. The molecule has 0 bridgehead atoms. The molecule has 0 radical (unpaired) electrons. The second kappa shape index (κ2) is 8.00. The molecule has 2 aromatic rings. The maximum Gasteiger partial charge on any atom is 0.234 e. The van der Waals surface area contributed by atoms with Crippen molar-refractivity contribution in [2.24, 2.45) is 9.98 Å². The van der Waals surface area contributed by atoms with Crippen molar-refractivity contribution in [3.63, 3.8) is 0 Å². The van der Waals surface area contributed by atoms with Gasteiger partial charge in [-0.25, -0.2) is 9.38 Å². The monoisotopic (exact) mass is 423 g/mol. The summed E-state index contributed by atoms with van der Waals surface area (Å²) >= 11 is 13.6. The van der Waals surface area contributed by atoms with Crippen molar-refractivity contribution < 1.29 is 9.18 Å². The third-order valence-corrected chi connectivity index (χ3v) is 5.13. The van der Waals surface area contributed by atoms with Gasteiger partial charge in [-0.1, -0.05) is 35.0 Å². The van der Waals surface area contributed by atoms with Gasteiger partial charge >= 0.3 is 0 Å². The number of halogens is 3. The third kappa shape index (κ3) is 5.09. The predicted molar refractivity (Wildman–Crippen MR) is 112 cm³/mol. The lowest BCUT2D eigenvalue weighted by atomic mass is 10.1. The molecule has 0 saturated heterocycles. The van der Waals surface area contributed by atoms with Crippen LogP contribution >= 0.6 is 35.0 Å². The van der Waals surface area contributed by atoms with Crippen LogP contribution in [-0.2, 0) is 4.79 Å². The first-order valence-electron chi connectivity index (χ1n) is 8.07. The zero-order valence-corrected chi connectivity index (χ0v) is 16.9. The van der Waals surface area contributed by atoms with E-state index in [9.17, 15) is 9.18 Å². The van der Waals surface area contributed by atoms with Gasteiger partial charge in [0, 0.05) is 16.3 Å². The lowest BCUT2D eigenvalue weighted by Crippen LogP contribution is -2.18. The Hall–Kier alpha value is -1.89. The molecular formula is C19H16Cl2FN3OS. The van der Waals surface area contributed by atoms with Gasteiger partial charge < -0.3 is 5.32 Å². The second-order valence-electron chi connectivity index (χ2n) is 6.34. The summed E-state index contributed by atoms with van der Waals surface area (Å²) in [5.74, 6) is -0.442. The quantitative estimate of drug-likeness (QED) is 0.711. The second-order valence-corrected chi connectivity index (χ2v) is 8.15. The molecule has 8 heteroatoms. The van der Waals surface area contributed by atoms with E-state index in [2.05, 4.69) is 15.3 Å².